The zero-order valence-corrected chi connectivity index (χ0v) is 18.7. The molecule has 0 aliphatic heterocycles. The minimum absolute atomic E-state index is 0.0000683. The van der Waals surface area contributed by atoms with Gasteiger partial charge in [0.1, 0.15) is 23.1 Å². The number of aromatic nitrogens is 2. The molecule has 0 spiro atoms. The lowest BCUT2D eigenvalue weighted by Gasteiger charge is -2.36. The molecule has 33 heavy (non-hydrogen) atoms. The summed E-state index contributed by atoms with van der Waals surface area (Å²) in [5, 5.41) is 10.7. The molecule has 1 aliphatic carbocycles. The van der Waals surface area contributed by atoms with E-state index in [9.17, 15) is 13.6 Å². The van der Waals surface area contributed by atoms with E-state index in [0.29, 0.717) is 12.3 Å². The molecule has 1 amide bonds. The monoisotopic (exact) mass is 495 g/mol. The van der Waals surface area contributed by atoms with Crippen molar-refractivity contribution in [2.24, 2.45) is 0 Å². The molecule has 4 rings (SSSR count). The second-order valence-corrected chi connectivity index (χ2v) is 8.36. The van der Waals surface area contributed by atoms with Gasteiger partial charge in [0.05, 0.1) is 15.6 Å². The second-order valence-electron chi connectivity index (χ2n) is 7.54. The predicted molar refractivity (Wildman–Crippen MR) is 116 cm³/mol. The highest BCUT2D eigenvalue weighted by molar-refractivity contribution is 6.31. The van der Waals surface area contributed by atoms with E-state index in [-0.39, 0.29) is 46.6 Å². The van der Waals surface area contributed by atoms with Crippen molar-refractivity contribution in [3.05, 3.63) is 75.9 Å². The fourth-order valence-electron chi connectivity index (χ4n) is 3.19. The summed E-state index contributed by atoms with van der Waals surface area (Å²) in [5.41, 5.74) is 0.141. The van der Waals surface area contributed by atoms with Gasteiger partial charge in [0.15, 0.2) is 13.2 Å². The number of hydrogen-bond donors (Lipinski definition) is 1. The first-order valence-electron chi connectivity index (χ1n) is 9.72. The Balaban J connectivity index is 1.28. The molecule has 1 aromatic heterocycles. The van der Waals surface area contributed by atoms with E-state index in [2.05, 4.69) is 15.5 Å². The maximum Gasteiger partial charge on any atom is 0.258 e. The maximum atomic E-state index is 13.5. The summed E-state index contributed by atoms with van der Waals surface area (Å²) < 4.78 is 43.2. The highest BCUT2D eigenvalue weighted by Gasteiger charge is 2.36. The van der Waals surface area contributed by atoms with Gasteiger partial charge in [-0.25, -0.2) is 8.78 Å². The van der Waals surface area contributed by atoms with E-state index >= 15 is 0 Å². The van der Waals surface area contributed by atoms with Crippen LogP contribution in [0, 0.1) is 11.6 Å². The number of amides is 1. The van der Waals surface area contributed by atoms with Gasteiger partial charge >= 0.3 is 0 Å². The molecule has 3 aromatic rings. The Kier molecular flexibility index (Phi) is 6.53. The Morgan fingerprint density at radius 3 is 2.30 bits per heavy atom. The third-order valence-corrected chi connectivity index (χ3v) is 5.34. The Hall–Kier alpha value is -3.17. The van der Waals surface area contributed by atoms with Gasteiger partial charge in [-0.3, -0.25) is 4.79 Å². The van der Waals surface area contributed by atoms with Crippen LogP contribution in [0.1, 0.15) is 25.1 Å². The van der Waals surface area contributed by atoms with Crippen molar-refractivity contribution in [2.75, 3.05) is 6.61 Å². The molecule has 172 valence electrons. The summed E-state index contributed by atoms with van der Waals surface area (Å²) in [5.74, 6) is -0.608. The number of benzene rings is 2. The Morgan fingerprint density at radius 1 is 1.09 bits per heavy atom. The van der Waals surface area contributed by atoms with Crippen LogP contribution in [0.2, 0.25) is 10.0 Å². The lowest BCUT2D eigenvalue weighted by molar-refractivity contribution is -0.124. The van der Waals surface area contributed by atoms with Gasteiger partial charge < -0.3 is 19.2 Å². The van der Waals surface area contributed by atoms with Gasteiger partial charge in [-0.05, 0) is 31.2 Å². The highest BCUT2D eigenvalue weighted by atomic mass is 35.5. The van der Waals surface area contributed by atoms with Crippen LogP contribution >= 0.6 is 23.2 Å². The number of nitrogens with zero attached hydrogens (tertiary/aromatic N) is 2. The van der Waals surface area contributed by atoms with Crippen molar-refractivity contribution in [1.29, 1.82) is 0 Å². The van der Waals surface area contributed by atoms with Gasteiger partial charge in [0, 0.05) is 24.1 Å². The summed E-state index contributed by atoms with van der Waals surface area (Å²) >= 11 is 11.3. The molecular weight excluding hydrogens is 479 g/mol. The molecule has 2 aromatic carbocycles. The van der Waals surface area contributed by atoms with E-state index in [0.717, 1.165) is 17.7 Å². The number of ether oxygens (including phenoxy) is 2. The molecule has 7 nitrogen and oxygen atoms in total. The molecule has 0 saturated carbocycles. The standard InChI is InChI=1S/C22H17Cl2F2N3O4/c1-22(27-19(30)10-31-13-2-4-15(23)17(25)6-13)8-12(9-22)21-29-28-20(33-21)11-32-14-3-5-16(24)18(26)7-14/h2-8H,9-11H2,1H3,(H,27,30). The molecule has 0 saturated heterocycles. The van der Waals surface area contributed by atoms with E-state index in [1.807, 2.05) is 6.92 Å². The molecule has 1 atom stereocenters. The van der Waals surface area contributed by atoms with Crippen LogP contribution in [0.3, 0.4) is 0 Å². The van der Waals surface area contributed by atoms with Crippen LogP contribution in [0.25, 0.3) is 5.57 Å². The van der Waals surface area contributed by atoms with E-state index in [4.69, 9.17) is 37.1 Å². The summed E-state index contributed by atoms with van der Waals surface area (Å²) in [7, 11) is 0. The molecule has 1 aliphatic rings. The second kappa shape index (κ2) is 9.36. The molecule has 1 heterocycles. The molecule has 0 fully saturated rings. The minimum Gasteiger partial charge on any atom is -0.484 e. The van der Waals surface area contributed by atoms with E-state index in [1.165, 1.54) is 24.3 Å². The molecule has 0 radical (unpaired) electrons. The number of hydrogen-bond acceptors (Lipinski definition) is 6. The third-order valence-electron chi connectivity index (χ3n) is 4.73. The summed E-state index contributed by atoms with van der Waals surface area (Å²) in [6.45, 7) is 1.50. The fourth-order valence-corrected chi connectivity index (χ4v) is 3.43. The lowest BCUT2D eigenvalue weighted by Crippen LogP contribution is -2.50. The zero-order chi connectivity index (χ0) is 23.6. The highest BCUT2D eigenvalue weighted by Crippen LogP contribution is 2.36. The Labute approximate surface area is 197 Å². The van der Waals surface area contributed by atoms with Crippen LogP contribution in [-0.2, 0) is 11.4 Å². The molecule has 11 heteroatoms. The average molecular weight is 496 g/mol. The molecule has 1 unspecified atom stereocenters. The van der Waals surface area contributed by atoms with Gasteiger partial charge in [-0.1, -0.05) is 29.3 Å². The van der Waals surface area contributed by atoms with Crippen LogP contribution in [0.15, 0.2) is 46.9 Å². The SMILES string of the molecule is CC1(NC(=O)COc2ccc(Cl)c(F)c2)C=C(c2nnc(COc3ccc(Cl)c(F)c3)o2)C1. The summed E-state index contributed by atoms with van der Waals surface area (Å²) in [4.78, 5) is 12.2. The van der Waals surface area contributed by atoms with Crippen molar-refractivity contribution in [2.45, 2.75) is 25.5 Å². The Morgan fingerprint density at radius 2 is 1.70 bits per heavy atom. The average Bonchev–Trinajstić information content (AvgIpc) is 3.22. The molecule has 1 N–H and O–H groups in total. The first-order valence-corrected chi connectivity index (χ1v) is 10.5. The fraction of sp³-hybridized carbons (Fsp3) is 0.227. The van der Waals surface area contributed by atoms with Crippen LogP contribution in [0.4, 0.5) is 8.78 Å². The van der Waals surface area contributed by atoms with Gasteiger partial charge in [0.2, 0.25) is 5.89 Å². The normalized spacial score (nSPS) is 17.2. The number of nitrogens with one attached hydrogen (secondary N) is 1. The van der Waals surface area contributed by atoms with Crippen molar-refractivity contribution in [3.63, 3.8) is 0 Å². The number of carbonyl (C=O) groups is 1. The third kappa shape index (κ3) is 5.61. The molecule has 0 bridgehead atoms. The first kappa shape index (κ1) is 23.0. The van der Waals surface area contributed by atoms with E-state index < -0.39 is 17.2 Å². The zero-order valence-electron chi connectivity index (χ0n) is 17.2. The largest absolute Gasteiger partial charge is 0.484 e. The van der Waals surface area contributed by atoms with Crippen molar-refractivity contribution >= 4 is 34.7 Å². The van der Waals surface area contributed by atoms with Crippen LogP contribution in [0.5, 0.6) is 11.5 Å². The minimum atomic E-state index is -0.627. The molecular formula is C22H17Cl2F2N3O4. The topological polar surface area (TPSA) is 86.5 Å². The summed E-state index contributed by atoms with van der Waals surface area (Å²) in [6, 6.07) is 8.01. The van der Waals surface area contributed by atoms with Crippen molar-refractivity contribution in [1.82, 2.24) is 15.5 Å². The number of halogens is 4. The van der Waals surface area contributed by atoms with Crippen molar-refractivity contribution in [3.8, 4) is 11.5 Å². The van der Waals surface area contributed by atoms with Crippen molar-refractivity contribution < 1.29 is 27.5 Å². The van der Waals surface area contributed by atoms with Crippen LogP contribution in [-0.4, -0.2) is 28.3 Å². The van der Waals surface area contributed by atoms with E-state index in [1.54, 1.807) is 6.08 Å². The summed E-state index contributed by atoms with van der Waals surface area (Å²) in [6.07, 6.45) is 2.25. The Bertz CT molecular complexity index is 1230. The van der Waals surface area contributed by atoms with Crippen LogP contribution < -0.4 is 14.8 Å². The van der Waals surface area contributed by atoms with Gasteiger partial charge in [-0.15, -0.1) is 10.2 Å². The lowest BCUT2D eigenvalue weighted by atomic mass is 9.80. The quantitative estimate of drug-likeness (QED) is 0.474. The number of rotatable bonds is 8. The maximum absolute atomic E-state index is 13.5. The first-order chi connectivity index (χ1) is 15.7. The smallest absolute Gasteiger partial charge is 0.258 e. The van der Waals surface area contributed by atoms with Gasteiger partial charge in [-0.2, -0.15) is 0 Å². The van der Waals surface area contributed by atoms with Gasteiger partial charge in [0.25, 0.3) is 11.8 Å². The number of carbonyl (C=O) groups excluding carboxylic acids is 1. The predicted octanol–water partition coefficient (Wildman–Crippen LogP) is 4.97.